The van der Waals surface area contributed by atoms with Crippen LogP contribution in [0.4, 0.5) is 5.00 Å². The summed E-state index contributed by atoms with van der Waals surface area (Å²) in [6.07, 6.45) is 4.93. The second-order valence-corrected chi connectivity index (χ2v) is 10.1. The van der Waals surface area contributed by atoms with E-state index in [2.05, 4.69) is 28.3 Å². The highest BCUT2D eigenvalue weighted by molar-refractivity contribution is 8.00. The average molecular weight is 415 g/mol. The second-order valence-electron chi connectivity index (χ2n) is 6.74. The van der Waals surface area contributed by atoms with Crippen LogP contribution < -0.4 is 5.32 Å². The molecule has 0 bridgehead atoms. The molecule has 3 heterocycles. The van der Waals surface area contributed by atoms with Gasteiger partial charge in [-0.15, -0.1) is 22.7 Å². The number of carbonyl (C=O) groups excluding carboxylic acids is 1. The van der Waals surface area contributed by atoms with Crippen LogP contribution in [0.3, 0.4) is 0 Å². The van der Waals surface area contributed by atoms with Gasteiger partial charge in [0.25, 0.3) is 0 Å². The van der Waals surface area contributed by atoms with Gasteiger partial charge in [-0.05, 0) is 49.1 Å². The fourth-order valence-electron chi connectivity index (χ4n) is 3.26. The van der Waals surface area contributed by atoms with Crippen LogP contribution in [0, 0.1) is 17.2 Å². The number of hydrogen-bond acceptors (Lipinski definition) is 7. The van der Waals surface area contributed by atoms with Gasteiger partial charge in [0.15, 0.2) is 0 Å². The van der Waals surface area contributed by atoms with E-state index in [4.69, 9.17) is 5.26 Å². The molecule has 3 aromatic rings. The molecular weight excluding hydrogens is 396 g/mol. The molecule has 0 saturated heterocycles. The predicted octanol–water partition coefficient (Wildman–Crippen LogP) is 4.87. The van der Waals surface area contributed by atoms with E-state index in [1.165, 1.54) is 40.0 Å². The zero-order chi connectivity index (χ0) is 19.0. The van der Waals surface area contributed by atoms with Gasteiger partial charge in [0.05, 0.1) is 10.8 Å². The standard InChI is InChI=1S/C19H18N4OS3/c1-10-3-4-13-14(7-10)27-19-15(13)18(21-9-22-19)26-11(2)16(24)23-17-12(8-20)5-6-25-17/h5-6,9-11H,3-4,7H2,1-2H3,(H,23,24)/t10-,11-/m0/s1. The van der Waals surface area contributed by atoms with Crippen molar-refractivity contribution < 1.29 is 4.79 Å². The van der Waals surface area contributed by atoms with Gasteiger partial charge < -0.3 is 5.32 Å². The van der Waals surface area contributed by atoms with Crippen LogP contribution in [-0.2, 0) is 17.6 Å². The normalized spacial score (nSPS) is 17.3. The average Bonchev–Trinajstić information content (AvgIpc) is 3.25. The van der Waals surface area contributed by atoms with Crippen molar-refractivity contribution in [3.05, 3.63) is 33.8 Å². The number of amides is 1. The van der Waals surface area contributed by atoms with Gasteiger partial charge in [-0.2, -0.15) is 5.26 Å². The molecule has 1 aliphatic carbocycles. The van der Waals surface area contributed by atoms with Gasteiger partial charge in [-0.1, -0.05) is 18.7 Å². The van der Waals surface area contributed by atoms with Crippen LogP contribution in [0.5, 0.6) is 0 Å². The van der Waals surface area contributed by atoms with Gasteiger partial charge in [0.2, 0.25) is 5.91 Å². The van der Waals surface area contributed by atoms with Crippen LogP contribution in [0.1, 0.15) is 36.3 Å². The van der Waals surface area contributed by atoms with Crippen molar-refractivity contribution in [3.63, 3.8) is 0 Å². The van der Waals surface area contributed by atoms with Crippen molar-refractivity contribution in [2.75, 3.05) is 5.32 Å². The van der Waals surface area contributed by atoms with Crippen LogP contribution in [0.25, 0.3) is 10.2 Å². The molecule has 8 heteroatoms. The molecule has 0 saturated carbocycles. The Kier molecular flexibility index (Phi) is 5.17. The van der Waals surface area contributed by atoms with Gasteiger partial charge in [-0.25, -0.2) is 9.97 Å². The first-order chi connectivity index (χ1) is 13.1. The summed E-state index contributed by atoms with van der Waals surface area (Å²) in [5.41, 5.74) is 1.87. The molecule has 27 heavy (non-hydrogen) atoms. The van der Waals surface area contributed by atoms with E-state index in [0.29, 0.717) is 16.5 Å². The molecule has 5 nitrogen and oxygen atoms in total. The van der Waals surface area contributed by atoms with E-state index in [1.807, 2.05) is 6.92 Å². The Morgan fingerprint density at radius 3 is 3.15 bits per heavy atom. The summed E-state index contributed by atoms with van der Waals surface area (Å²) in [5.74, 6) is 0.586. The molecule has 2 atom stereocenters. The van der Waals surface area contributed by atoms with E-state index in [0.717, 1.165) is 28.1 Å². The zero-order valence-corrected chi connectivity index (χ0v) is 17.4. The monoisotopic (exact) mass is 414 g/mol. The fourth-order valence-corrected chi connectivity index (χ4v) is 6.37. The lowest BCUT2D eigenvalue weighted by atomic mass is 9.89. The molecule has 0 aliphatic heterocycles. The highest BCUT2D eigenvalue weighted by Crippen LogP contribution is 2.41. The largest absolute Gasteiger partial charge is 0.316 e. The lowest BCUT2D eigenvalue weighted by molar-refractivity contribution is -0.115. The summed E-state index contributed by atoms with van der Waals surface area (Å²) in [4.78, 5) is 24.0. The summed E-state index contributed by atoms with van der Waals surface area (Å²) in [6, 6.07) is 3.81. The molecule has 0 fully saturated rings. The molecule has 3 aromatic heterocycles. The fraction of sp³-hybridized carbons (Fsp3) is 0.368. The van der Waals surface area contributed by atoms with E-state index < -0.39 is 0 Å². The quantitative estimate of drug-likeness (QED) is 0.487. The smallest absolute Gasteiger partial charge is 0.238 e. The van der Waals surface area contributed by atoms with Crippen molar-refractivity contribution in [1.82, 2.24) is 9.97 Å². The van der Waals surface area contributed by atoms with Crippen LogP contribution in [-0.4, -0.2) is 21.1 Å². The van der Waals surface area contributed by atoms with Crippen molar-refractivity contribution in [2.45, 2.75) is 43.4 Å². The third kappa shape index (κ3) is 3.59. The first-order valence-electron chi connectivity index (χ1n) is 8.77. The number of thioether (sulfide) groups is 1. The van der Waals surface area contributed by atoms with Gasteiger partial charge in [-0.3, -0.25) is 4.79 Å². The Balaban J connectivity index is 1.58. The van der Waals surface area contributed by atoms with Crippen LogP contribution >= 0.6 is 34.4 Å². The molecular formula is C19H18N4OS3. The molecule has 138 valence electrons. The number of rotatable bonds is 4. The second kappa shape index (κ2) is 7.58. The summed E-state index contributed by atoms with van der Waals surface area (Å²) in [5, 5.41) is 16.1. The third-order valence-electron chi connectivity index (χ3n) is 4.74. The summed E-state index contributed by atoms with van der Waals surface area (Å²) in [6.45, 7) is 4.16. The topological polar surface area (TPSA) is 78.7 Å². The van der Waals surface area contributed by atoms with Crippen molar-refractivity contribution in [3.8, 4) is 6.07 Å². The summed E-state index contributed by atoms with van der Waals surface area (Å²) < 4.78 is 0. The number of aromatic nitrogens is 2. The number of nitriles is 1. The molecule has 1 N–H and O–H groups in total. The van der Waals surface area contributed by atoms with E-state index in [-0.39, 0.29) is 11.2 Å². The minimum Gasteiger partial charge on any atom is -0.316 e. The lowest BCUT2D eigenvalue weighted by Gasteiger charge is -2.18. The molecule has 0 unspecified atom stereocenters. The minimum absolute atomic E-state index is 0.122. The van der Waals surface area contributed by atoms with Gasteiger partial charge >= 0.3 is 0 Å². The highest BCUT2D eigenvalue weighted by Gasteiger charge is 2.25. The Morgan fingerprint density at radius 2 is 2.33 bits per heavy atom. The number of hydrogen-bond donors (Lipinski definition) is 1. The molecule has 0 aromatic carbocycles. The van der Waals surface area contributed by atoms with Crippen molar-refractivity contribution >= 4 is 55.6 Å². The predicted molar refractivity (Wildman–Crippen MR) is 112 cm³/mol. The highest BCUT2D eigenvalue weighted by atomic mass is 32.2. The molecule has 0 spiro atoms. The van der Waals surface area contributed by atoms with E-state index in [1.54, 1.807) is 29.1 Å². The molecule has 4 rings (SSSR count). The molecule has 0 radical (unpaired) electrons. The number of carbonyl (C=O) groups is 1. The number of aryl methyl sites for hydroxylation is 1. The number of nitrogens with one attached hydrogen (secondary N) is 1. The maximum Gasteiger partial charge on any atom is 0.238 e. The van der Waals surface area contributed by atoms with Gasteiger partial charge in [0, 0.05) is 10.3 Å². The number of nitrogens with zero attached hydrogens (tertiary/aromatic N) is 3. The lowest BCUT2D eigenvalue weighted by Crippen LogP contribution is -2.22. The Morgan fingerprint density at radius 1 is 1.48 bits per heavy atom. The number of anilines is 1. The summed E-state index contributed by atoms with van der Waals surface area (Å²) >= 11 is 4.58. The third-order valence-corrected chi connectivity index (χ3v) is 7.83. The Bertz CT molecular complexity index is 1050. The molecule has 1 aliphatic rings. The first kappa shape index (κ1) is 18.4. The Labute approximate surface area is 169 Å². The number of thiophene rings is 2. The maximum absolute atomic E-state index is 12.6. The Hall–Kier alpha value is -1.95. The van der Waals surface area contributed by atoms with E-state index >= 15 is 0 Å². The number of fused-ring (bicyclic) bond motifs is 3. The van der Waals surface area contributed by atoms with Crippen LogP contribution in [0.15, 0.2) is 22.8 Å². The summed E-state index contributed by atoms with van der Waals surface area (Å²) in [7, 11) is 0. The van der Waals surface area contributed by atoms with E-state index in [9.17, 15) is 4.79 Å². The first-order valence-corrected chi connectivity index (χ1v) is 11.3. The SMILES string of the molecule is C[C@H]1CCc2c(sc3ncnc(S[C@@H](C)C(=O)Nc4sccc4C#N)c23)C1. The maximum atomic E-state index is 12.6. The molecule has 1 amide bonds. The van der Waals surface area contributed by atoms with Crippen molar-refractivity contribution in [1.29, 1.82) is 5.26 Å². The van der Waals surface area contributed by atoms with Gasteiger partial charge in [0.1, 0.15) is 27.3 Å². The zero-order valence-electron chi connectivity index (χ0n) is 15.0. The minimum atomic E-state index is -0.324. The van der Waals surface area contributed by atoms with Crippen molar-refractivity contribution in [2.24, 2.45) is 5.92 Å². The van der Waals surface area contributed by atoms with Crippen LogP contribution in [0.2, 0.25) is 0 Å².